The van der Waals surface area contributed by atoms with Gasteiger partial charge in [0.25, 0.3) is 12.9 Å². The number of thiocarbonyl (C=S) groups is 1. The van der Waals surface area contributed by atoms with Crippen LogP contribution in [0.5, 0.6) is 5.88 Å². The van der Waals surface area contributed by atoms with E-state index in [9.17, 15) is 49.3 Å². The Morgan fingerprint density at radius 2 is 1.23 bits per heavy atom. The minimum atomic E-state index is -3.52. The molecule has 2 aromatic carbocycles. The number of nitrogens with two attached hydrogens (primary N) is 2. The summed E-state index contributed by atoms with van der Waals surface area (Å²) in [6.45, 7) is 1.62. The summed E-state index contributed by atoms with van der Waals surface area (Å²) in [5, 5.41) is 7.82. The smallest absolute Gasteiger partial charge is 0.272 e. The van der Waals surface area contributed by atoms with Gasteiger partial charge in [-0.3, -0.25) is 24.4 Å². The van der Waals surface area contributed by atoms with Gasteiger partial charge in [0.05, 0.1) is 35.9 Å². The van der Waals surface area contributed by atoms with Gasteiger partial charge in [-0.2, -0.15) is 0 Å². The number of hydrogen-bond acceptors (Lipinski definition) is 17. The SMILES string of the molecule is CN(C)C(=O)[C@]12C[C@H]1[C@@](C)(c1cc(/C=C(\F)c3cnc(Br)cn3)ccc1F)N=C(N)S2.CN(C)C(=O)[C@]12C[C@H]1[C@@](C)(c1cc(/C=C(\F)c3cnc(OCC(F)F)cn3)ccc1F)N=C(N)S2.O=CS(=O)(O)=C=S.OCC(F)F. The zero-order valence-corrected chi connectivity index (χ0v) is 46.7. The van der Waals surface area contributed by atoms with Gasteiger partial charge in [0, 0.05) is 55.5 Å². The molecule has 1 unspecified atom stereocenters. The number of amidine groups is 2. The molecule has 0 saturated heterocycles. The van der Waals surface area contributed by atoms with Gasteiger partial charge in [0.15, 0.2) is 38.4 Å². The molecule has 2 amide bonds. The number of fused-ring (bicyclic) bond motifs is 2. The van der Waals surface area contributed by atoms with Gasteiger partial charge in [-0.15, -0.1) is 0 Å². The maximum Gasteiger partial charge on any atom is 0.272 e. The van der Waals surface area contributed by atoms with E-state index in [1.807, 2.05) is 0 Å². The monoisotopic (exact) mass is 1240 g/mol. The van der Waals surface area contributed by atoms with Gasteiger partial charge in [-0.05, 0) is 102 Å². The number of ether oxygens (including phenoxy) is 1. The maximum absolute atomic E-state index is 15.0. The maximum atomic E-state index is 15.0. The van der Waals surface area contributed by atoms with Crippen LogP contribution in [0.2, 0.25) is 0 Å². The van der Waals surface area contributed by atoms with E-state index in [2.05, 4.69) is 58.1 Å². The van der Waals surface area contributed by atoms with Gasteiger partial charge in [-0.1, -0.05) is 35.7 Å². The summed E-state index contributed by atoms with van der Waals surface area (Å²) in [5.74, 6) is -3.25. The molecule has 17 nitrogen and oxygen atoms in total. The fourth-order valence-electron chi connectivity index (χ4n) is 8.46. The highest BCUT2D eigenvalue weighted by Gasteiger charge is 2.72. The minimum absolute atomic E-state index is 0.0643. The second kappa shape index (κ2) is 25.5. The first kappa shape index (κ1) is 63.0. The van der Waals surface area contributed by atoms with Crippen molar-refractivity contribution in [3.63, 3.8) is 0 Å². The zero-order valence-electron chi connectivity index (χ0n) is 41.8. The van der Waals surface area contributed by atoms with Crippen molar-refractivity contribution < 1.29 is 68.1 Å². The van der Waals surface area contributed by atoms with E-state index in [0.29, 0.717) is 28.6 Å². The molecule has 0 spiro atoms. The number of nitrogens with zero attached hydrogens (tertiary/aromatic N) is 8. The third kappa shape index (κ3) is 14.7. The van der Waals surface area contributed by atoms with Crippen molar-refractivity contribution in [1.29, 1.82) is 0 Å². The van der Waals surface area contributed by atoms with Crippen molar-refractivity contribution in [1.82, 2.24) is 29.7 Å². The largest absolute Gasteiger partial charge is 0.470 e. The van der Waals surface area contributed by atoms with Crippen LogP contribution in [0.1, 0.15) is 60.3 Å². The Balaban J connectivity index is 0.000000239. The van der Waals surface area contributed by atoms with E-state index in [-0.39, 0.29) is 68.0 Å². The lowest BCUT2D eigenvalue weighted by Crippen LogP contribution is -2.43. The fourth-order valence-corrected chi connectivity index (χ4v) is 11.8. The van der Waals surface area contributed by atoms with Crippen LogP contribution in [0, 0.1) is 23.5 Å². The molecule has 420 valence electrons. The average Bonchev–Trinajstić information content (AvgIpc) is 4.37. The number of aliphatic imine (C=N–C) groups is 2. The standard InChI is InChI=1S/C23H23F4N5O2S.C21H20BrF2N5OS.C2H4F2O.C2H2O3S2/c1-22(17-8-23(17,20(33)32(2)3)35-21(28)31-22)13-6-12(4-5-14(13)24)7-15(25)16-9-30-19(10-29-16)34-11-18(26)27;1-20(16-8-21(16,18(30)29(2)3)31-19(25)28-20)12-6-11(4-5-13(12)23)7-14(24)15-9-27-17(22)10-26-15;3-2(4)1-5;3-1-7(4,5)2-6/h4-7,9-10,17-18H,8,11H2,1-3H3,(H2,28,31);4-7,9-10,16H,8H2,1-3H3,(H2,25,28);2,5H,1H2;1H,(H,4,5)/b15-7-;14-7-;;/t17-,22+,23-;16-,20+,21-;;/m00../s1. The van der Waals surface area contributed by atoms with Crippen LogP contribution in [0.15, 0.2) is 75.8 Å². The summed E-state index contributed by atoms with van der Waals surface area (Å²) < 4.78 is 128. The summed E-state index contributed by atoms with van der Waals surface area (Å²) in [5.41, 5.74) is 11.0. The summed E-state index contributed by atoms with van der Waals surface area (Å²) in [4.78, 5) is 62.7. The molecule has 78 heavy (non-hydrogen) atoms. The normalized spacial score (nSPS) is 24.5. The second-order valence-corrected chi connectivity index (χ2v) is 23.6. The molecule has 7 atom stereocenters. The number of carbonyl (C=O) groups is 3. The predicted molar refractivity (Wildman–Crippen MR) is 289 cm³/mol. The van der Waals surface area contributed by atoms with Crippen LogP contribution >= 0.6 is 51.7 Å². The zero-order chi connectivity index (χ0) is 58.3. The number of thioether (sulfide) groups is 2. The summed E-state index contributed by atoms with van der Waals surface area (Å²) in [7, 11) is 3.16. The van der Waals surface area contributed by atoms with Crippen LogP contribution in [0.25, 0.3) is 23.8 Å². The number of rotatable bonds is 13. The Morgan fingerprint density at radius 1 is 0.808 bits per heavy atom. The topological polar surface area (TPSA) is 253 Å². The van der Waals surface area contributed by atoms with Crippen molar-refractivity contribution >= 4 is 117 Å². The highest BCUT2D eigenvalue weighted by atomic mass is 79.9. The fraction of sp³-hybridized carbons (Fsp3) is 0.375. The van der Waals surface area contributed by atoms with Crippen molar-refractivity contribution in [2.75, 3.05) is 41.4 Å². The van der Waals surface area contributed by atoms with Gasteiger partial charge < -0.3 is 35.7 Å². The van der Waals surface area contributed by atoms with Crippen LogP contribution in [0.4, 0.5) is 35.1 Å². The molecule has 4 aromatic rings. The highest BCUT2D eigenvalue weighted by molar-refractivity contribution is 9.10. The molecule has 4 aliphatic rings. The van der Waals surface area contributed by atoms with Gasteiger partial charge >= 0.3 is 0 Å². The molecule has 2 saturated carbocycles. The van der Waals surface area contributed by atoms with E-state index >= 15 is 4.39 Å². The lowest BCUT2D eigenvalue weighted by Gasteiger charge is -2.34. The molecule has 0 bridgehead atoms. The number of halogens is 9. The van der Waals surface area contributed by atoms with Crippen LogP contribution < -0.4 is 16.2 Å². The molecule has 0 radical (unpaired) electrons. The molecule has 30 heteroatoms. The average molecular weight is 1240 g/mol. The number of carbonyl (C=O) groups excluding carboxylic acids is 3. The lowest BCUT2D eigenvalue weighted by atomic mass is 9.84. The predicted octanol–water partition coefficient (Wildman–Crippen LogP) is 7.83. The van der Waals surface area contributed by atoms with Crippen molar-refractivity contribution in [3.8, 4) is 5.88 Å². The number of aliphatic hydroxyl groups is 1. The van der Waals surface area contributed by atoms with E-state index < -0.39 is 79.7 Å². The minimum Gasteiger partial charge on any atom is -0.470 e. The molecule has 8 rings (SSSR count). The Kier molecular flexibility index (Phi) is 20.6. The van der Waals surface area contributed by atoms with Crippen LogP contribution in [0.3, 0.4) is 0 Å². The van der Waals surface area contributed by atoms with Crippen molar-refractivity contribution in [2.24, 2.45) is 33.3 Å². The number of alkyl halides is 4. The van der Waals surface area contributed by atoms with Crippen molar-refractivity contribution in [3.05, 3.63) is 111 Å². The molecular weight excluding hydrogens is 1190 g/mol. The Hall–Kier alpha value is -5.88. The number of aliphatic hydroxyl groups excluding tert-OH is 1. The van der Waals surface area contributed by atoms with E-state index in [1.165, 1.54) is 86.4 Å². The molecule has 6 N–H and O–H groups in total. The summed E-state index contributed by atoms with van der Waals surface area (Å²) >= 11 is 9.47. The molecular formula is C48H49BrF8N10O7S4. The van der Waals surface area contributed by atoms with Crippen molar-refractivity contribution in [2.45, 2.75) is 60.1 Å². The second-order valence-electron chi connectivity index (χ2n) is 18.0. The number of benzene rings is 2. The quantitative estimate of drug-likeness (QED) is 0.0565. The summed E-state index contributed by atoms with van der Waals surface area (Å²) in [6, 6.07) is 8.38. The Bertz CT molecular complexity index is 3190. The van der Waals surface area contributed by atoms with Gasteiger partial charge in [-0.25, -0.2) is 59.3 Å². The summed E-state index contributed by atoms with van der Waals surface area (Å²) in [6.07, 6.45) is 2.98. The Labute approximate surface area is 464 Å². The first-order valence-corrected chi connectivity index (χ1v) is 26.9. The van der Waals surface area contributed by atoms with Gasteiger partial charge in [0.1, 0.15) is 43.7 Å². The first-order valence-electron chi connectivity index (χ1n) is 22.5. The van der Waals surface area contributed by atoms with E-state index in [4.69, 9.17) is 25.9 Å². The molecule has 2 aromatic heterocycles. The molecule has 2 aliphatic heterocycles. The van der Waals surface area contributed by atoms with Gasteiger partial charge in [0.2, 0.25) is 23.3 Å². The van der Waals surface area contributed by atoms with Crippen LogP contribution in [-0.4, -0.2) is 139 Å². The lowest BCUT2D eigenvalue weighted by molar-refractivity contribution is -0.130. The first-order chi connectivity index (χ1) is 36.4. The molecule has 4 heterocycles. The van der Waals surface area contributed by atoms with E-state index in [1.54, 1.807) is 48.1 Å². The van der Waals surface area contributed by atoms with Crippen LogP contribution in [-0.2, 0) is 35.3 Å². The number of hydrogen-bond donors (Lipinski definition) is 4. The molecule has 2 aliphatic carbocycles. The number of amides is 2. The van der Waals surface area contributed by atoms with E-state index in [0.717, 1.165) is 18.5 Å². The number of aromatic nitrogens is 4. The Morgan fingerprint density at radius 3 is 1.55 bits per heavy atom. The highest BCUT2D eigenvalue weighted by Crippen LogP contribution is 2.67. The third-order valence-electron chi connectivity index (χ3n) is 12.1. The third-order valence-corrected chi connectivity index (χ3v) is 16.3. The molecule has 2 fully saturated rings.